The Morgan fingerprint density at radius 3 is 2.46 bits per heavy atom. The number of nitrogens with one attached hydrogen (secondary N) is 1. The van der Waals surface area contributed by atoms with E-state index in [0.29, 0.717) is 47.0 Å². The zero-order chi connectivity index (χ0) is 29.5. The minimum atomic E-state index is -0.822. The molecule has 0 unspecified atom stereocenters. The highest BCUT2D eigenvalue weighted by Crippen LogP contribution is 2.48. The third kappa shape index (κ3) is 6.74. The molecule has 1 amide bonds. The number of hydrogen-bond donors (Lipinski definition) is 1. The second kappa shape index (κ2) is 13.4. The van der Waals surface area contributed by atoms with Crippen molar-refractivity contribution < 1.29 is 28.9 Å². The summed E-state index contributed by atoms with van der Waals surface area (Å²) in [6, 6.07) is 14.1. The average Bonchev–Trinajstić information content (AvgIpc) is 3.20. The minimum Gasteiger partial charge on any atom is -0.493 e. The molecule has 0 aliphatic heterocycles. The Labute approximate surface area is 242 Å². The summed E-state index contributed by atoms with van der Waals surface area (Å²) in [4.78, 5) is 41.9. The highest BCUT2D eigenvalue weighted by atomic mass is 32.2. The molecule has 0 spiro atoms. The molecular weight excluding hydrogens is 548 g/mol. The Hall–Kier alpha value is -4.25. The molecule has 0 fully saturated rings. The molecule has 1 atom stereocenters. The Balaban J connectivity index is 1.70. The lowest BCUT2D eigenvalue weighted by Crippen LogP contribution is -2.30. The van der Waals surface area contributed by atoms with Gasteiger partial charge in [-0.3, -0.25) is 9.59 Å². The van der Waals surface area contributed by atoms with E-state index in [2.05, 4.69) is 10.2 Å². The van der Waals surface area contributed by atoms with Crippen molar-refractivity contribution in [3.05, 3.63) is 91.1 Å². The molecular formula is C30H32N2O8S. The van der Waals surface area contributed by atoms with E-state index < -0.39 is 11.1 Å². The highest BCUT2D eigenvalue weighted by Gasteiger charge is 2.29. The number of ether oxygens (including phenoxy) is 3. The highest BCUT2D eigenvalue weighted by molar-refractivity contribution is 7.98. The van der Waals surface area contributed by atoms with Crippen LogP contribution in [0.5, 0.6) is 17.2 Å². The minimum absolute atomic E-state index is 0.0618. The van der Waals surface area contributed by atoms with Crippen molar-refractivity contribution in [2.45, 2.75) is 36.6 Å². The fourth-order valence-corrected chi connectivity index (χ4v) is 5.66. The topological polar surface area (TPSA) is 126 Å². The summed E-state index contributed by atoms with van der Waals surface area (Å²) in [7, 11) is 4.69. The normalized spacial score (nSPS) is 13.7. The first kappa shape index (κ1) is 29.7. The molecule has 0 aromatic heterocycles. The molecule has 11 heteroatoms. The van der Waals surface area contributed by atoms with E-state index in [1.165, 1.54) is 11.8 Å². The molecule has 0 saturated carbocycles. The van der Waals surface area contributed by atoms with Gasteiger partial charge in [0.05, 0.1) is 38.7 Å². The fraction of sp³-hybridized carbons (Fsp3) is 0.333. The SMILES string of the molecule is COc1cc2c(c(OC)c1OC)CC[C@H](NC(=O)Cc1cccc(CCO[N+](=O)[O-])c1)c1cc(=O)c(SC)ccc1-2. The molecule has 1 aliphatic carbocycles. The number of fused-ring (bicyclic) bond motifs is 3. The molecule has 10 nitrogen and oxygen atoms in total. The first-order chi connectivity index (χ1) is 19.8. The van der Waals surface area contributed by atoms with Crippen molar-refractivity contribution in [1.82, 2.24) is 5.32 Å². The number of carbonyl (C=O) groups is 1. The molecule has 0 bridgehead atoms. The Morgan fingerprint density at radius 2 is 1.78 bits per heavy atom. The van der Waals surface area contributed by atoms with Gasteiger partial charge in [-0.15, -0.1) is 21.9 Å². The van der Waals surface area contributed by atoms with Gasteiger partial charge in [-0.1, -0.05) is 30.3 Å². The van der Waals surface area contributed by atoms with Gasteiger partial charge in [0, 0.05) is 5.56 Å². The molecule has 216 valence electrons. The fourth-order valence-electron chi connectivity index (χ4n) is 5.19. The second-order valence-corrected chi connectivity index (χ2v) is 10.3. The molecule has 3 aromatic carbocycles. The molecule has 1 aliphatic rings. The van der Waals surface area contributed by atoms with E-state index in [-0.39, 0.29) is 24.4 Å². The number of thioether (sulfide) groups is 1. The smallest absolute Gasteiger partial charge is 0.294 e. The predicted molar refractivity (Wildman–Crippen MR) is 156 cm³/mol. The van der Waals surface area contributed by atoms with Crippen LogP contribution < -0.4 is 25.0 Å². The lowest BCUT2D eigenvalue weighted by atomic mass is 9.96. The van der Waals surface area contributed by atoms with Crippen LogP contribution >= 0.6 is 11.8 Å². The van der Waals surface area contributed by atoms with E-state index in [4.69, 9.17) is 14.2 Å². The van der Waals surface area contributed by atoms with Gasteiger partial charge in [0.2, 0.25) is 11.7 Å². The van der Waals surface area contributed by atoms with Crippen molar-refractivity contribution in [2.75, 3.05) is 34.2 Å². The van der Waals surface area contributed by atoms with Gasteiger partial charge in [0.1, 0.15) is 6.61 Å². The number of rotatable bonds is 11. The number of nitrogens with zero attached hydrogens (tertiary/aromatic N) is 1. The molecule has 4 rings (SSSR count). The van der Waals surface area contributed by atoms with Crippen LogP contribution in [0.15, 0.2) is 58.2 Å². The number of methoxy groups -OCH3 is 3. The number of carbonyl (C=O) groups excluding carboxylic acids is 1. The van der Waals surface area contributed by atoms with Gasteiger partial charge in [-0.05, 0) is 71.5 Å². The molecule has 0 heterocycles. The van der Waals surface area contributed by atoms with Crippen molar-refractivity contribution in [1.29, 1.82) is 0 Å². The lowest BCUT2D eigenvalue weighted by Gasteiger charge is -2.19. The summed E-state index contributed by atoms with van der Waals surface area (Å²) < 4.78 is 17.0. The van der Waals surface area contributed by atoms with Crippen LogP contribution in [0, 0.1) is 10.1 Å². The van der Waals surface area contributed by atoms with Crippen LogP contribution in [0.3, 0.4) is 0 Å². The maximum absolute atomic E-state index is 13.3. The lowest BCUT2D eigenvalue weighted by molar-refractivity contribution is -0.757. The average molecular weight is 581 g/mol. The Morgan fingerprint density at radius 1 is 1.02 bits per heavy atom. The third-order valence-corrected chi connectivity index (χ3v) is 7.80. The van der Waals surface area contributed by atoms with Crippen molar-refractivity contribution in [2.24, 2.45) is 0 Å². The standard InChI is InChI=1S/C30H32N2O8S/c1-37-26-17-22-20-9-11-27(41-4)25(33)16-23(20)24(10-8-21(22)29(38-2)30(26)39-3)31-28(34)15-19-7-5-6-18(14-19)12-13-40-32(35)36/h5-7,9,11,14,16-17,24H,8,10,12-13,15H2,1-4H3,(H,31,34)/t24-/m0/s1. The van der Waals surface area contributed by atoms with Crippen LogP contribution in [0.2, 0.25) is 0 Å². The molecule has 1 N–H and O–H groups in total. The second-order valence-electron chi connectivity index (χ2n) is 9.41. The molecule has 41 heavy (non-hydrogen) atoms. The van der Waals surface area contributed by atoms with E-state index in [1.54, 1.807) is 33.5 Å². The third-order valence-electron chi connectivity index (χ3n) is 7.02. The number of hydrogen-bond acceptors (Lipinski definition) is 9. The first-order valence-corrected chi connectivity index (χ1v) is 14.2. The van der Waals surface area contributed by atoms with Crippen LogP contribution in [-0.4, -0.2) is 45.2 Å². The van der Waals surface area contributed by atoms with Gasteiger partial charge < -0.3 is 24.4 Å². The van der Waals surface area contributed by atoms with Gasteiger partial charge in [-0.25, -0.2) is 0 Å². The maximum atomic E-state index is 13.3. The molecule has 3 aromatic rings. The van der Waals surface area contributed by atoms with Crippen LogP contribution in [0.1, 0.15) is 34.7 Å². The number of benzene rings is 2. The maximum Gasteiger partial charge on any atom is 0.294 e. The van der Waals surface area contributed by atoms with E-state index in [1.807, 2.05) is 42.7 Å². The zero-order valence-corrected chi connectivity index (χ0v) is 24.2. The van der Waals surface area contributed by atoms with Gasteiger partial charge in [0.15, 0.2) is 16.9 Å². The van der Waals surface area contributed by atoms with Crippen LogP contribution in [0.25, 0.3) is 11.1 Å². The summed E-state index contributed by atoms with van der Waals surface area (Å²) in [5, 5.41) is 12.8. The van der Waals surface area contributed by atoms with E-state index >= 15 is 0 Å². The largest absolute Gasteiger partial charge is 0.493 e. The Bertz CT molecular complexity index is 1510. The molecule has 0 radical (unpaired) electrons. The predicted octanol–water partition coefficient (Wildman–Crippen LogP) is 4.56. The van der Waals surface area contributed by atoms with E-state index in [9.17, 15) is 19.7 Å². The van der Waals surface area contributed by atoms with Crippen LogP contribution in [0.4, 0.5) is 0 Å². The van der Waals surface area contributed by atoms with Crippen molar-refractivity contribution in [3.8, 4) is 28.4 Å². The van der Waals surface area contributed by atoms with Gasteiger partial charge in [-0.2, -0.15) is 0 Å². The van der Waals surface area contributed by atoms with Gasteiger partial charge in [0.25, 0.3) is 5.09 Å². The Kier molecular flexibility index (Phi) is 9.72. The summed E-state index contributed by atoms with van der Waals surface area (Å²) in [6.07, 6.45) is 3.38. The summed E-state index contributed by atoms with van der Waals surface area (Å²) >= 11 is 1.37. The monoisotopic (exact) mass is 580 g/mol. The zero-order valence-electron chi connectivity index (χ0n) is 23.4. The van der Waals surface area contributed by atoms with Crippen molar-refractivity contribution >= 4 is 17.7 Å². The van der Waals surface area contributed by atoms with Crippen LogP contribution in [-0.2, 0) is 28.9 Å². The summed E-state index contributed by atoms with van der Waals surface area (Å²) in [5.41, 5.74) is 4.72. The summed E-state index contributed by atoms with van der Waals surface area (Å²) in [5.74, 6) is 1.32. The van der Waals surface area contributed by atoms with Gasteiger partial charge >= 0.3 is 0 Å². The summed E-state index contributed by atoms with van der Waals surface area (Å²) in [6.45, 7) is -0.0618. The molecule has 0 saturated heterocycles. The first-order valence-electron chi connectivity index (χ1n) is 13.0. The number of amides is 1. The van der Waals surface area contributed by atoms with Crippen molar-refractivity contribution in [3.63, 3.8) is 0 Å². The van der Waals surface area contributed by atoms with E-state index in [0.717, 1.165) is 27.8 Å². The quantitative estimate of drug-likeness (QED) is 0.197.